The van der Waals surface area contributed by atoms with E-state index in [1.54, 1.807) is 6.92 Å². The topological polar surface area (TPSA) is 100 Å². The minimum absolute atomic E-state index is 0.107. The number of benzene rings is 2. The number of nitrogens with zero attached hydrogens (tertiary/aromatic N) is 6. The van der Waals surface area contributed by atoms with E-state index in [9.17, 15) is 9.59 Å². The van der Waals surface area contributed by atoms with Crippen LogP contribution in [0, 0.1) is 6.92 Å². The van der Waals surface area contributed by atoms with Gasteiger partial charge in [-0.15, -0.1) is 5.10 Å². The number of fused-ring (bicyclic) bond motifs is 1. The lowest BCUT2D eigenvalue weighted by atomic mass is 10.3. The number of aryl methyl sites for hydroxylation is 2. The maximum absolute atomic E-state index is 13.2. The molecule has 0 radical (unpaired) electrons. The number of aromatic nitrogens is 5. The smallest absolute Gasteiger partial charge is 0.294 e. The Hall–Kier alpha value is -4.01. The van der Waals surface area contributed by atoms with Crippen LogP contribution in [0.3, 0.4) is 0 Å². The van der Waals surface area contributed by atoms with Gasteiger partial charge < -0.3 is 4.98 Å². The first-order chi connectivity index (χ1) is 15.6. The van der Waals surface area contributed by atoms with E-state index in [1.807, 2.05) is 54.6 Å². The molecule has 32 heavy (non-hydrogen) atoms. The normalized spacial score (nSPS) is 13.8. The molecule has 1 aliphatic rings. The molecule has 9 nitrogen and oxygen atoms in total. The van der Waals surface area contributed by atoms with Gasteiger partial charge in [0, 0.05) is 25.9 Å². The van der Waals surface area contributed by atoms with Crippen LogP contribution in [-0.4, -0.2) is 59.9 Å². The molecule has 0 unspecified atom stereocenters. The van der Waals surface area contributed by atoms with E-state index in [0.717, 1.165) is 29.0 Å². The average molecular weight is 429 g/mol. The lowest BCUT2D eigenvalue weighted by molar-refractivity contribution is -0.140. The van der Waals surface area contributed by atoms with Gasteiger partial charge in [0.25, 0.3) is 5.91 Å². The largest absolute Gasteiger partial charge is 0.342 e. The van der Waals surface area contributed by atoms with Gasteiger partial charge in [0.2, 0.25) is 5.91 Å². The second kappa shape index (κ2) is 8.26. The van der Waals surface area contributed by atoms with Crippen LogP contribution in [0.2, 0.25) is 0 Å². The standard InChI is InChI=1S/C23H23N7O2/c1-16-22(27-30(26-16)17-8-3-2-4-9-17)23(32)29-15-7-14-28(29)21(31)13-12-20-24-18-10-5-6-11-19(18)25-20/h2-6,8-11H,7,12-15H2,1H3,(H,24,25). The predicted octanol–water partition coefficient (Wildman–Crippen LogP) is 2.67. The Balaban J connectivity index is 1.29. The minimum atomic E-state index is -0.306. The summed E-state index contributed by atoms with van der Waals surface area (Å²) in [6.45, 7) is 2.74. The van der Waals surface area contributed by atoms with Crippen molar-refractivity contribution in [3.63, 3.8) is 0 Å². The van der Waals surface area contributed by atoms with E-state index in [-0.39, 0.29) is 23.9 Å². The molecule has 0 bridgehead atoms. The summed E-state index contributed by atoms with van der Waals surface area (Å²) in [5.74, 6) is 0.349. The molecule has 1 saturated heterocycles. The highest BCUT2D eigenvalue weighted by Crippen LogP contribution is 2.19. The molecular weight excluding hydrogens is 406 g/mol. The third-order valence-corrected chi connectivity index (χ3v) is 5.54. The lowest BCUT2D eigenvalue weighted by Gasteiger charge is -2.27. The summed E-state index contributed by atoms with van der Waals surface area (Å²) in [6.07, 6.45) is 1.47. The van der Waals surface area contributed by atoms with Crippen LogP contribution in [0.1, 0.15) is 34.8 Å². The Labute approximate surface area is 184 Å². The number of para-hydroxylation sites is 3. The highest BCUT2D eigenvalue weighted by atomic mass is 16.2. The van der Waals surface area contributed by atoms with Crippen molar-refractivity contribution < 1.29 is 9.59 Å². The van der Waals surface area contributed by atoms with Crippen molar-refractivity contribution >= 4 is 22.8 Å². The van der Waals surface area contributed by atoms with Crippen molar-refractivity contribution in [3.8, 4) is 5.69 Å². The number of carbonyl (C=O) groups excluding carboxylic acids is 2. The van der Waals surface area contributed by atoms with Crippen LogP contribution in [-0.2, 0) is 11.2 Å². The summed E-state index contributed by atoms with van der Waals surface area (Å²) in [7, 11) is 0. The van der Waals surface area contributed by atoms with Crippen LogP contribution in [0.5, 0.6) is 0 Å². The number of hydrazine groups is 1. The second-order valence-corrected chi connectivity index (χ2v) is 7.76. The molecule has 3 heterocycles. The molecule has 1 fully saturated rings. The average Bonchev–Trinajstić information content (AvgIpc) is 3.55. The number of H-pyrrole nitrogens is 1. The van der Waals surface area contributed by atoms with Crippen LogP contribution in [0.25, 0.3) is 16.7 Å². The van der Waals surface area contributed by atoms with Gasteiger partial charge in [-0.3, -0.25) is 14.6 Å². The van der Waals surface area contributed by atoms with Crippen molar-refractivity contribution in [2.24, 2.45) is 0 Å². The number of hydrogen-bond donors (Lipinski definition) is 1. The molecule has 0 spiro atoms. The van der Waals surface area contributed by atoms with E-state index < -0.39 is 0 Å². The van der Waals surface area contributed by atoms with Crippen molar-refractivity contribution in [2.75, 3.05) is 13.1 Å². The van der Waals surface area contributed by atoms with Crippen molar-refractivity contribution in [1.29, 1.82) is 0 Å². The van der Waals surface area contributed by atoms with E-state index in [0.29, 0.717) is 25.2 Å². The van der Waals surface area contributed by atoms with Gasteiger partial charge in [-0.05, 0) is 37.6 Å². The molecule has 2 amide bonds. The Morgan fingerprint density at radius 1 is 0.969 bits per heavy atom. The monoisotopic (exact) mass is 429 g/mol. The Morgan fingerprint density at radius 2 is 1.72 bits per heavy atom. The number of hydrogen-bond acceptors (Lipinski definition) is 5. The van der Waals surface area contributed by atoms with E-state index >= 15 is 0 Å². The molecular formula is C23H23N7O2. The van der Waals surface area contributed by atoms with Crippen LogP contribution < -0.4 is 0 Å². The summed E-state index contributed by atoms with van der Waals surface area (Å²) in [4.78, 5) is 35.4. The maximum atomic E-state index is 13.2. The fourth-order valence-electron chi connectivity index (χ4n) is 3.94. The Morgan fingerprint density at radius 3 is 2.53 bits per heavy atom. The minimum Gasteiger partial charge on any atom is -0.342 e. The summed E-state index contributed by atoms with van der Waals surface area (Å²) in [6, 6.07) is 17.2. The quantitative estimate of drug-likeness (QED) is 0.526. The molecule has 5 rings (SSSR count). The number of carbonyl (C=O) groups is 2. The summed E-state index contributed by atoms with van der Waals surface area (Å²) < 4.78 is 0. The lowest BCUT2D eigenvalue weighted by Crippen LogP contribution is -2.45. The van der Waals surface area contributed by atoms with E-state index in [4.69, 9.17) is 0 Å². The highest BCUT2D eigenvalue weighted by Gasteiger charge is 2.33. The number of aromatic amines is 1. The zero-order chi connectivity index (χ0) is 22.1. The van der Waals surface area contributed by atoms with Gasteiger partial charge in [0.05, 0.1) is 22.4 Å². The third kappa shape index (κ3) is 3.73. The van der Waals surface area contributed by atoms with Crippen molar-refractivity contribution in [2.45, 2.75) is 26.2 Å². The fourth-order valence-corrected chi connectivity index (χ4v) is 3.94. The first-order valence-corrected chi connectivity index (χ1v) is 10.7. The molecule has 9 heteroatoms. The molecule has 0 atom stereocenters. The van der Waals surface area contributed by atoms with Gasteiger partial charge in [-0.1, -0.05) is 30.3 Å². The molecule has 1 N–H and O–H groups in total. The zero-order valence-corrected chi connectivity index (χ0v) is 17.7. The van der Waals surface area contributed by atoms with Gasteiger partial charge >= 0.3 is 0 Å². The first-order valence-electron chi connectivity index (χ1n) is 10.7. The number of amides is 2. The summed E-state index contributed by atoms with van der Waals surface area (Å²) in [5.41, 5.74) is 3.39. The zero-order valence-electron chi connectivity index (χ0n) is 17.7. The van der Waals surface area contributed by atoms with E-state index in [2.05, 4.69) is 20.2 Å². The molecule has 1 aliphatic heterocycles. The van der Waals surface area contributed by atoms with Crippen molar-refractivity contribution in [3.05, 3.63) is 71.8 Å². The Bertz CT molecular complexity index is 1240. The summed E-state index contributed by atoms with van der Waals surface area (Å²) >= 11 is 0. The summed E-state index contributed by atoms with van der Waals surface area (Å²) in [5, 5.41) is 11.8. The maximum Gasteiger partial charge on any atom is 0.294 e. The highest BCUT2D eigenvalue weighted by molar-refractivity contribution is 5.94. The van der Waals surface area contributed by atoms with Crippen LogP contribution >= 0.6 is 0 Å². The predicted molar refractivity (Wildman–Crippen MR) is 118 cm³/mol. The molecule has 0 aliphatic carbocycles. The van der Waals surface area contributed by atoms with Crippen LogP contribution in [0.15, 0.2) is 54.6 Å². The number of rotatable bonds is 5. The SMILES string of the molecule is Cc1nn(-c2ccccc2)nc1C(=O)N1CCCN1C(=O)CCc1nc2ccccc2[nH]1. The Kier molecular flexibility index (Phi) is 5.14. The molecule has 4 aromatic rings. The van der Waals surface area contributed by atoms with Crippen molar-refractivity contribution in [1.82, 2.24) is 35.0 Å². The first kappa shape index (κ1) is 19.9. The van der Waals surface area contributed by atoms with Gasteiger partial charge in [-0.2, -0.15) is 9.90 Å². The molecule has 162 valence electrons. The second-order valence-electron chi connectivity index (χ2n) is 7.76. The molecule has 0 saturated carbocycles. The number of imidazole rings is 1. The van der Waals surface area contributed by atoms with E-state index in [1.165, 1.54) is 14.8 Å². The van der Waals surface area contributed by atoms with Crippen LogP contribution in [0.4, 0.5) is 0 Å². The van der Waals surface area contributed by atoms with Gasteiger partial charge in [-0.25, -0.2) is 9.99 Å². The molecule has 2 aromatic carbocycles. The van der Waals surface area contributed by atoms with Gasteiger partial charge in [0.1, 0.15) is 5.82 Å². The third-order valence-electron chi connectivity index (χ3n) is 5.54. The van der Waals surface area contributed by atoms with Gasteiger partial charge in [0.15, 0.2) is 5.69 Å². The number of nitrogens with one attached hydrogen (secondary N) is 1. The molecule has 2 aromatic heterocycles. The fraction of sp³-hybridized carbons (Fsp3) is 0.261.